The van der Waals surface area contributed by atoms with Gasteiger partial charge in [-0.3, -0.25) is 0 Å². The highest BCUT2D eigenvalue weighted by atomic mass is 14.8. The number of hydrogen-bond acceptors (Lipinski definition) is 1. The first-order valence-electron chi connectivity index (χ1n) is 5.57. The van der Waals surface area contributed by atoms with Crippen molar-refractivity contribution in [2.24, 2.45) is 0 Å². The lowest BCUT2D eigenvalue weighted by molar-refractivity contribution is 0.855. The minimum absolute atomic E-state index is 0.542. The first-order valence-corrected chi connectivity index (χ1v) is 5.57. The molecular formula is C13H18N2. The monoisotopic (exact) mass is 202 g/mol. The zero-order valence-corrected chi connectivity index (χ0v) is 9.83. The molecule has 0 amide bonds. The number of hydrogen-bond donors (Lipinski definition) is 1. The highest BCUT2D eigenvalue weighted by Gasteiger charge is 2.13. The molecule has 0 aromatic carbocycles. The van der Waals surface area contributed by atoms with Gasteiger partial charge in [-0.2, -0.15) is 0 Å². The maximum Gasteiger partial charge on any atom is 0.137 e. The molecule has 0 atom stereocenters. The van der Waals surface area contributed by atoms with Crippen molar-refractivity contribution in [2.45, 2.75) is 39.5 Å². The van der Waals surface area contributed by atoms with Gasteiger partial charge in [-0.05, 0) is 29.0 Å². The zero-order chi connectivity index (χ0) is 11.0. The predicted molar refractivity (Wildman–Crippen MR) is 64.3 cm³/mol. The zero-order valence-electron chi connectivity index (χ0n) is 9.83. The molecule has 80 valence electrons. The van der Waals surface area contributed by atoms with Gasteiger partial charge in [-0.1, -0.05) is 27.7 Å². The molecule has 2 heteroatoms. The molecule has 2 rings (SSSR count). The van der Waals surface area contributed by atoms with Gasteiger partial charge in [-0.25, -0.2) is 4.98 Å². The van der Waals surface area contributed by atoms with Crippen LogP contribution >= 0.6 is 0 Å². The van der Waals surface area contributed by atoms with Crippen molar-refractivity contribution >= 4 is 11.0 Å². The van der Waals surface area contributed by atoms with E-state index in [1.54, 1.807) is 0 Å². The molecule has 0 unspecified atom stereocenters. The van der Waals surface area contributed by atoms with Crippen molar-refractivity contribution in [1.29, 1.82) is 0 Å². The SMILES string of the molecule is CC(C)c1ccnc2[nH]cc(C(C)C)c12. The summed E-state index contributed by atoms with van der Waals surface area (Å²) in [7, 11) is 0. The van der Waals surface area contributed by atoms with E-state index >= 15 is 0 Å². The van der Waals surface area contributed by atoms with Crippen LogP contribution < -0.4 is 0 Å². The molecule has 0 bridgehead atoms. The fourth-order valence-corrected chi connectivity index (χ4v) is 2.04. The van der Waals surface area contributed by atoms with Crippen molar-refractivity contribution in [2.75, 3.05) is 0 Å². The van der Waals surface area contributed by atoms with Gasteiger partial charge in [0.2, 0.25) is 0 Å². The lowest BCUT2D eigenvalue weighted by Gasteiger charge is -2.10. The molecule has 1 N–H and O–H groups in total. The minimum atomic E-state index is 0.542. The van der Waals surface area contributed by atoms with Crippen LogP contribution in [-0.2, 0) is 0 Å². The Labute approximate surface area is 90.7 Å². The summed E-state index contributed by atoms with van der Waals surface area (Å²) < 4.78 is 0. The molecular weight excluding hydrogens is 184 g/mol. The van der Waals surface area contributed by atoms with Gasteiger partial charge in [0.1, 0.15) is 5.65 Å². The van der Waals surface area contributed by atoms with E-state index in [4.69, 9.17) is 0 Å². The van der Waals surface area contributed by atoms with Gasteiger partial charge >= 0.3 is 0 Å². The molecule has 0 aliphatic rings. The molecule has 0 radical (unpaired) electrons. The molecule has 0 aliphatic heterocycles. The van der Waals surface area contributed by atoms with Crippen LogP contribution in [0, 0.1) is 0 Å². The lowest BCUT2D eigenvalue weighted by Crippen LogP contribution is -1.93. The van der Waals surface area contributed by atoms with Gasteiger partial charge in [0.05, 0.1) is 0 Å². The molecule has 2 heterocycles. The first-order chi connectivity index (χ1) is 7.11. The second-order valence-corrected chi connectivity index (χ2v) is 4.68. The summed E-state index contributed by atoms with van der Waals surface area (Å²) in [5, 5.41) is 1.32. The minimum Gasteiger partial charge on any atom is -0.346 e. The van der Waals surface area contributed by atoms with Gasteiger partial charge in [0, 0.05) is 17.8 Å². The third kappa shape index (κ3) is 1.65. The van der Waals surface area contributed by atoms with Crippen molar-refractivity contribution in [3.63, 3.8) is 0 Å². The summed E-state index contributed by atoms with van der Waals surface area (Å²) in [5.74, 6) is 1.09. The largest absolute Gasteiger partial charge is 0.346 e. The van der Waals surface area contributed by atoms with Crippen LogP contribution in [0.3, 0.4) is 0 Å². The number of nitrogens with zero attached hydrogens (tertiary/aromatic N) is 1. The molecule has 15 heavy (non-hydrogen) atoms. The number of H-pyrrole nitrogens is 1. The standard InChI is InChI=1S/C13H18N2/c1-8(2)10-5-6-14-13-12(10)11(7-15-13)9(3)4/h5-9H,1-4H3,(H,14,15). The summed E-state index contributed by atoms with van der Waals surface area (Å²) >= 11 is 0. The topological polar surface area (TPSA) is 28.7 Å². The van der Waals surface area contributed by atoms with Crippen LogP contribution in [0.25, 0.3) is 11.0 Å². The number of nitrogens with one attached hydrogen (secondary N) is 1. The number of pyridine rings is 1. The number of fused-ring (bicyclic) bond motifs is 1. The molecule has 2 nitrogen and oxygen atoms in total. The Hall–Kier alpha value is -1.31. The molecule has 0 spiro atoms. The summed E-state index contributed by atoms with van der Waals surface area (Å²) in [6, 6.07) is 2.13. The third-order valence-corrected chi connectivity index (χ3v) is 2.88. The Morgan fingerprint density at radius 3 is 2.33 bits per heavy atom. The van der Waals surface area contributed by atoms with Gasteiger partial charge in [-0.15, -0.1) is 0 Å². The Morgan fingerprint density at radius 2 is 1.73 bits per heavy atom. The Balaban J connectivity index is 2.75. The smallest absolute Gasteiger partial charge is 0.137 e. The van der Waals surface area contributed by atoms with E-state index in [1.807, 2.05) is 6.20 Å². The van der Waals surface area contributed by atoms with Gasteiger partial charge in [0.15, 0.2) is 0 Å². The van der Waals surface area contributed by atoms with Crippen LogP contribution in [-0.4, -0.2) is 9.97 Å². The number of rotatable bonds is 2. The summed E-state index contributed by atoms with van der Waals surface area (Å²) in [6.07, 6.45) is 3.98. The molecule has 0 saturated heterocycles. The molecule has 2 aromatic rings. The van der Waals surface area contributed by atoms with E-state index in [2.05, 4.69) is 49.9 Å². The molecule has 0 aliphatic carbocycles. The maximum absolute atomic E-state index is 4.37. The van der Waals surface area contributed by atoms with Crippen LogP contribution in [0.1, 0.15) is 50.7 Å². The fourth-order valence-electron chi connectivity index (χ4n) is 2.04. The van der Waals surface area contributed by atoms with E-state index in [1.165, 1.54) is 16.5 Å². The average molecular weight is 202 g/mol. The fraction of sp³-hybridized carbons (Fsp3) is 0.462. The van der Waals surface area contributed by atoms with E-state index < -0.39 is 0 Å². The summed E-state index contributed by atoms with van der Waals surface area (Å²) in [4.78, 5) is 7.63. The first kappa shape index (κ1) is 10.2. The van der Waals surface area contributed by atoms with Crippen molar-refractivity contribution < 1.29 is 0 Å². The third-order valence-electron chi connectivity index (χ3n) is 2.88. The van der Waals surface area contributed by atoms with E-state index in [0.29, 0.717) is 11.8 Å². The number of aromatic amines is 1. The molecule has 0 fully saturated rings. The Kier molecular flexibility index (Phi) is 2.51. The second kappa shape index (κ2) is 3.69. The average Bonchev–Trinajstić information content (AvgIpc) is 2.60. The molecule has 0 saturated carbocycles. The predicted octanol–water partition coefficient (Wildman–Crippen LogP) is 3.81. The van der Waals surface area contributed by atoms with Crippen molar-refractivity contribution in [3.05, 3.63) is 29.6 Å². The number of aromatic nitrogens is 2. The Morgan fingerprint density at radius 1 is 1.07 bits per heavy atom. The van der Waals surface area contributed by atoms with Gasteiger partial charge in [0.25, 0.3) is 0 Å². The van der Waals surface area contributed by atoms with Crippen LogP contribution in [0.4, 0.5) is 0 Å². The van der Waals surface area contributed by atoms with Crippen molar-refractivity contribution in [1.82, 2.24) is 9.97 Å². The van der Waals surface area contributed by atoms with E-state index in [0.717, 1.165) is 5.65 Å². The van der Waals surface area contributed by atoms with Crippen LogP contribution in [0.2, 0.25) is 0 Å². The maximum atomic E-state index is 4.37. The Bertz CT molecular complexity index is 466. The lowest BCUT2D eigenvalue weighted by atomic mass is 9.95. The van der Waals surface area contributed by atoms with E-state index in [9.17, 15) is 0 Å². The highest BCUT2D eigenvalue weighted by Crippen LogP contribution is 2.30. The quantitative estimate of drug-likeness (QED) is 0.788. The van der Waals surface area contributed by atoms with E-state index in [-0.39, 0.29) is 0 Å². The van der Waals surface area contributed by atoms with Crippen LogP contribution in [0.5, 0.6) is 0 Å². The van der Waals surface area contributed by atoms with Crippen LogP contribution in [0.15, 0.2) is 18.5 Å². The van der Waals surface area contributed by atoms with Gasteiger partial charge < -0.3 is 4.98 Å². The highest BCUT2D eigenvalue weighted by molar-refractivity contribution is 5.84. The normalized spacial score (nSPS) is 11.9. The van der Waals surface area contributed by atoms with Crippen molar-refractivity contribution in [3.8, 4) is 0 Å². The summed E-state index contributed by atoms with van der Waals surface area (Å²) in [6.45, 7) is 8.90. The second-order valence-electron chi connectivity index (χ2n) is 4.68. The summed E-state index contributed by atoms with van der Waals surface area (Å²) in [5.41, 5.74) is 3.79. The molecule has 2 aromatic heterocycles.